The number of benzene rings is 6. The molecule has 5 heteroatoms. The molecule has 0 fully saturated rings. The second-order valence-corrected chi connectivity index (χ2v) is 14.4. The third kappa shape index (κ3) is 4.55. The van der Waals surface area contributed by atoms with E-state index in [0.717, 1.165) is 72.5 Å². The van der Waals surface area contributed by atoms with E-state index in [4.69, 9.17) is 9.97 Å². The predicted molar refractivity (Wildman–Crippen MR) is 212 cm³/mol. The molecule has 5 nitrogen and oxygen atoms in total. The van der Waals surface area contributed by atoms with Crippen LogP contribution in [0.2, 0.25) is 0 Å². The zero-order chi connectivity index (χ0) is 34.3. The number of para-hydroxylation sites is 4. The number of aromatic amines is 1. The first kappa shape index (κ1) is 29.5. The molecule has 0 amide bonds. The lowest BCUT2D eigenvalue weighted by atomic mass is 9.86. The molecule has 10 aromatic rings. The lowest BCUT2D eigenvalue weighted by Gasteiger charge is -2.19. The number of aromatic nitrogens is 5. The Morgan fingerprint density at radius 3 is 2.18 bits per heavy atom. The number of hydrogen-bond acceptors (Lipinski definition) is 2. The van der Waals surface area contributed by atoms with Gasteiger partial charge in [0.25, 0.3) is 0 Å². The number of fused-ring (bicyclic) bond motifs is 7. The lowest BCUT2D eigenvalue weighted by Crippen LogP contribution is -2.10. The summed E-state index contributed by atoms with van der Waals surface area (Å²) in [5, 5.41) is 4.78. The first-order valence-electron chi connectivity index (χ1n) is 17.5. The summed E-state index contributed by atoms with van der Waals surface area (Å²) in [7, 11) is 0. The molecule has 0 spiro atoms. The van der Waals surface area contributed by atoms with Crippen LogP contribution in [-0.2, 0) is 5.41 Å². The van der Waals surface area contributed by atoms with Gasteiger partial charge in [0.15, 0.2) is 0 Å². The maximum absolute atomic E-state index is 5.50. The molecule has 0 aliphatic carbocycles. The third-order valence-electron chi connectivity index (χ3n) is 10.3. The van der Waals surface area contributed by atoms with Crippen LogP contribution in [-0.4, -0.2) is 24.1 Å². The van der Waals surface area contributed by atoms with Gasteiger partial charge in [0.1, 0.15) is 11.5 Å². The minimum atomic E-state index is 0.0469. The SMILES string of the molecule is CC(C)(C)c1ccc2c(c1)c1cccnc1n2-c1cccc(-c2cccc3c2nc(-c2cccc4c2[nH]c2ccccc24)n3-c2ccccc2)c1. The molecule has 0 aliphatic rings. The Bertz CT molecular complexity index is 2950. The van der Waals surface area contributed by atoms with Crippen LogP contribution in [0.25, 0.3) is 88.7 Å². The third-order valence-corrected chi connectivity index (χ3v) is 10.3. The van der Waals surface area contributed by atoms with E-state index in [-0.39, 0.29) is 5.41 Å². The molecule has 0 unspecified atom stereocenters. The first-order valence-corrected chi connectivity index (χ1v) is 17.5. The maximum atomic E-state index is 5.50. The Hall–Kier alpha value is -6.46. The molecule has 0 saturated heterocycles. The molecule has 0 atom stereocenters. The van der Waals surface area contributed by atoms with E-state index < -0.39 is 0 Å². The van der Waals surface area contributed by atoms with Gasteiger partial charge in [0.05, 0.1) is 22.1 Å². The van der Waals surface area contributed by atoms with Crippen LogP contribution in [0.5, 0.6) is 0 Å². The van der Waals surface area contributed by atoms with Crippen LogP contribution in [0.1, 0.15) is 26.3 Å². The summed E-state index contributed by atoms with van der Waals surface area (Å²) in [4.78, 5) is 14.1. The van der Waals surface area contributed by atoms with E-state index in [1.807, 2.05) is 12.3 Å². The molecule has 10 rings (SSSR count). The Labute approximate surface area is 295 Å². The van der Waals surface area contributed by atoms with E-state index in [2.05, 4.69) is 174 Å². The van der Waals surface area contributed by atoms with Gasteiger partial charge in [0, 0.05) is 55.8 Å². The summed E-state index contributed by atoms with van der Waals surface area (Å²) in [6.07, 6.45) is 1.89. The monoisotopic (exact) mass is 657 g/mol. The van der Waals surface area contributed by atoms with E-state index in [9.17, 15) is 0 Å². The molecule has 6 aromatic carbocycles. The summed E-state index contributed by atoms with van der Waals surface area (Å²) in [5.41, 5.74) is 13.1. The number of nitrogens with zero attached hydrogens (tertiary/aromatic N) is 4. The average Bonchev–Trinajstić information content (AvgIpc) is 3.84. The molecule has 51 heavy (non-hydrogen) atoms. The molecule has 244 valence electrons. The van der Waals surface area contributed by atoms with E-state index >= 15 is 0 Å². The van der Waals surface area contributed by atoms with Crippen molar-refractivity contribution in [1.29, 1.82) is 0 Å². The number of hydrogen-bond donors (Lipinski definition) is 1. The topological polar surface area (TPSA) is 51.4 Å². The van der Waals surface area contributed by atoms with Crippen LogP contribution >= 0.6 is 0 Å². The zero-order valence-electron chi connectivity index (χ0n) is 28.7. The molecule has 0 saturated carbocycles. The van der Waals surface area contributed by atoms with Crippen molar-refractivity contribution >= 4 is 54.8 Å². The van der Waals surface area contributed by atoms with Crippen molar-refractivity contribution in [3.8, 4) is 33.9 Å². The van der Waals surface area contributed by atoms with Gasteiger partial charge in [-0.2, -0.15) is 0 Å². The lowest BCUT2D eigenvalue weighted by molar-refractivity contribution is 0.591. The number of nitrogens with one attached hydrogen (secondary N) is 1. The number of imidazole rings is 1. The normalized spacial score (nSPS) is 12.2. The van der Waals surface area contributed by atoms with Gasteiger partial charge in [-0.1, -0.05) is 99.6 Å². The van der Waals surface area contributed by atoms with Gasteiger partial charge in [-0.05, 0) is 83.3 Å². The molecule has 0 bridgehead atoms. The molecule has 4 aromatic heterocycles. The van der Waals surface area contributed by atoms with Gasteiger partial charge in [-0.25, -0.2) is 9.97 Å². The average molecular weight is 658 g/mol. The largest absolute Gasteiger partial charge is 0.354 e. The van der Waals surface area contributed by atoms with Crippen LogP contribution in [0, 0.1) is 0 Å². The smallest absolute Gasteiger partial charge is 0.147 e. The van der Waals surface area contributed by atoms with Gasteiger partial charge in [-0.15, -0.1) is 0 Å². The van der Waals surface area contributed by atoms with Crippen molar-refractivity contribution in [2.75, 3.05) is 0 Å². The fraction of sp³-hybridized carbons (Fsp3) is 0.0870. The van der Waals surface area contributed by atoms with Crippen molar-refractivity contribution in [2.45, 2.75) is 26.2 Å². The summed E-state index contributed by atoms with van der Waals surface area (Å²) in [5.74, 6) is 0.901. The van der Waals surface area contributed by atoms with Crippen LogP contribution in [0.4, 0.5) is 0 Å². The van der Waals surface area contributed by atoms with Crippen molar-refractivity contribution < 1.29 is 0 Å². The van der Waals surface area contributed by atoms with Crippen molar-refractivity contribution in [3.05, 3.63) is 157 Å². The highest BCUT2D eigenvalue weighted by Gasteiger charge is 2.22. The van der Waals surface area contributed by atoms with E-state index in [1.165, 1.54) is 21.7 Å². The molecule has 4 heterocycles. The first-order chi connectivity index (χ1) is 24.9. The van der Waals surface area contributed by atoms with Gasteiger partial charge in [-0.3, -0.25) is 9.13 Å². The summed E-state index contributed by atoms with van der Waals surface area (Å²) < 4.78 is 4.60. The van der Waals surface area contributed by atoms with E-state index in [1.54, 1.807) is 0 Å². The highest BCUT2D eigenvalue weighted by Crippen LogP contribution is 2.40. The Kier molecular flexibility index (Phi) is 6.37. The maximum Gasteiger partial charge on any atom is 0.147 e. The Morgan fingerprint density at radius 1 is 0.549 bits per heavy atom. The minimum absolute atomic E-state index is 0.0469. The van der Waals surface area contributed by atoms with Gasteiger partial charge >= 0.3 is 0 Å². The summed E-state index contributed by atoms with van der Waals surface area (Å²) in [6, 6.07) is 51.9. The Balaban J connectivity index is 1.20. The van der Waals surface area contributed by atoms with Crippen molar-refractivity contribution in [2.24, 2.45) is 0 Å². The fourth-order valence-electron chi connectivity index (χ4n) is 7.80. The Morgan fingerprint density at radius 2 is 1.29 bits per heavy atom. The highest BCUT2D eigenvalue weighted by molar-refractivity contribution is 6.12. The summed E-state index contributed by atoms with van der Waals surface area (Å²) >= 11 is 0. The highest BCUT2D eigenvalue weighted by atomic mass is 15.1. The van der Waals surface area contributed by atoms with Crippen LogP contribution in [0.3, 0.4) is 0 Å². The van der Waals surface area contributed by atoms with Gasteiger partial charge < -0.3 is 4.98 Å². The molecular weight excluding hydrogens is 623 g/mol. The van der Waals surface area contributed by atoms with Crippen LogP contribution < -0.4 is 0 Å². The molecule has 0 aliphatic heterocycles. The standard InChI is InChI=1S/C46H35N5/c1-46(2,3)30-24-25-40-38(28-30)36-21-12-26-47-44(36)51(40)32-16-9-13-29(27-32)33-18-11-23-41-43(33)49-45(50(41)31-14-5-4-6-15-31)37-20-10-19-35-34-17-7-8-22-39(34)48-42(35)37/h4-28,48H,1-3H3. The van der Waals surface area contributed by atoms with Crippen LogP contribution in [0.15, 0.2) is 152 Å². The van der Waals surface area contributed by atoms with Crippen molar-refractivity contribution in [1.82, 2.24) is 24.1 Å². The second kappa shape index (κ2) is 11.0. The minimum Gasteiger partial charge on any atom is -0.354 e. The second-order valence-electron chi connectivity index (χ2n) is 14.4. The summed E-state index contributed by atoms with van der Waals surface area (Å²) in [6.45, 7) is 6.79. The fourth-order valence-corrected chi connectivity index (χ4v) is 7.80. The zero-order valence-corrected chi connectivity index (χ0v) is 28.7. The molecular formula is C46H35N5. The molecule has 1 N–H and O–H groups in total. The van der Waals surface area contributed by atoms with Crippen molar-refractivity contribution in [3.63, 3.8) is 0 Å². The number of rotatable bonds is 4. The van der Waals surface area contributed by atoms with Gasteiger partial charge in [0.2, 0.25) is 0 Å². The van der Waals surface area contributed by atoms with E-state index in [0.29, 0.717) is 0 Å². The number of H-pyrrole nitrogens is 1. The quantitative estimate of drug-likeness (QED) is 0.205. The number of pyridine rings is 1. The predicted octanol–water partition coefficient (Wildman–Crippen LogP) is 11.8. The molecule has 0 radical (unpaired) electrons.